The highest BCUT2D eigenvalue weighted by molar-refractivity contribution is 7.90. The third-order valence-corrected chi connectivity index (χ3v) is 5.16. The molecule has 7 heteroatoms. The highest BCUT2D eigenvalue weighted by Crippen LogP contribution is 2.34. The Morgan fingerprint density at radius 2 is 2.17 bits per heavy atom. The average molecular weight is 273 g/mol. The Morgan fingerprint density at radius 1 is 1.44 bits per heavy atom. The minimum absolute atomic E-state index is 0.197. The largest absolute Gasteiger partial charge is 0.339 e. The van der Waals surface area contributed by atoms with Gasteiger partial charge in [0, 0.05) is 12.3 Å². The quantitative estimate of drug-likeness (QED) is 0.882. The molecule has 102 valence electrons. The van der Waals surface area contributed by atoms with Gasteiger partial charge in [-0.3, -0.25) is 0 Å². The Kier molecular flexibility index (Phi) is 3.72. The molecule has 1 aromatic rings. The number of nitrogens with zero attached hydrogens (tertiary/aromatic N) is 2. The first-order valence-electron chi connectivity index (χ1n) is 6.13. The Morgan fingerprint density at radius 3 is 2.78 bits per heavy atom. The van der Waals surface area contributed by atoms with Gasteiger partial charge in [-0.05, 0) is 26.8 Å². The summed E-state index contributed by atoms with van der Waals surface area (Å²) in [4.78, 5) is 4.26. The second-order valence-electron chi connectivity index (χ2n) is 4.90. The molecule has 1 aliphatic rings. The van der Waals surface area contributed by atoms with Gasteiger partial charge in [0.1, 0.15) is 5.25 Å². The van der Waals surface area contributed by atoms with E-state index < -0.39 is 15.1 Å². The molecule has 0 bridgehead atoms. The maximum Gasteiger partial charge on any atom is 0.231 e. The van der Waals surface area contributed by atoms with Crippen molar-refractivity contribution in [1.29, 1.82) is 0 Å². The molecule has 0 aliphatic heterocycles. The second-order valence-corrected chi connectivity index (χ2v) is 7.26. The number of aromatic nitrogens is 2. The maximum absolute atomic E-state index is 11.4. The molecule has 1 aliphatic carbocycles. The van der Waals surface area contributed by atoms with Crippen molar-refractivity contribution in [2.45, 2.75) is 43.4 Å². The number of hydrogen-bond donors (Lipinski definition) is 1. The van der Waals surface area contributed by atoms with Crippen LogP contribution in [0.1, 0.15) is 49.1 Å². The fourth-order valence-corrected chi connectivity index (χ4v) is 2.83. The molecule has 6 nitrogen and oxygen atoms in total. The van der Waals surface area contributed by atoms with Gasteiger partial charge in [-0.15, -0.1) is 0 Å². The Labute approximate surface area is 107 Å². The molecule has 0 spiro atoms. The second kappa shape index (κ2) is 4.97. The van der Waals surface area contributed by atoms with Crippen molar-refractivity contribution in [2.24, 2.45) is 0 Å². The van der Waals surface area contributed by atoms with Crippen molar-refractivity contribution < 1.29 is 12.9 Å². The summed E-state index contributed by atoms with van der Waals surface area (Å²) in [5.74, 6) is 1.01. The van der Waals surface area contributed by atoms with E-state index in [1.54, 1.807) is 6.92 Å². The zero-order valence-corrected chi connectivity index (χ0v) is 11.7. The minimum atomic E-state index is -3.19. The van der Waals surface area contributed by atoms with E-state index in [4.69, 9.17) is 4.52 Å². The van der Waals surface area contributed by atoms with Crippen LogP contribution in [0.3, 0.4) is 0 Å². The first-order valence-corrected chi connectivity index (χ1v) is 8.08. The van der Waals surface area contributed by atoms with Crippen molar-refractivity contribution in [2.75, 3.05) is 13.3 Å². The highest BCUT2D eigenvalue weighted by Gasteiger charge is 2.33. The summed E-state index contributed by atoms with van der Waals surface area (Å²) in [6.07, 6.45) is 4.39. The van der Waals surface area contributed by atoms with E-state index in [1.807, 2.05) is 7.05 Å². The highest BCUT2D eigenvalue weighted by atomic mass is 32.2. The van der Waals surface area contributed by atoms with E-state index in [2.05, 4.69) is 15.5 Å². The minimum Gasteiger partial charge on any atom is -0.339 e. The molecule has 0 saturated heterocycles. The van der Waals surface area contributed by atoms with Gasteiger partial charge in [-0.1, -0.05) is 11.6 Å². The van der Waals surface area contributed by atoms with E-state index in [-0.39, 0.29) is 11.7 Å². The van der Waals surface area contributed by atoms with Crippen LogP contribution in [0.4, 0.5) is 0 Å². The van der Waals surface area contributed by atoms with Crippen LogP contribution in [0.5, 0.6) is 0 Å². The van der Waals surface area contributed by atoms with E-state index in [1.165, 1.54) is 6.26 Å². The molecular formula is C11H19N3O3S. The molecule has 3 atom stereocenters. The predicted molar refractivity (Wildman–Crippen MR) is 67.0 cm³/mol. The molecule has 3 unspecified atom stereocenters. The third kappa shape index (κ3) is 2.56. The summed E-state index contributed by atoms with van der Waals surface area (Å²) < 4.78 is 28.1. The monoisotopic (exact) mass is 273 g/mol. The standard InChI is InChI=1S/C11H19N3O3S/c1-7(18(3,15)16)10-13-11(17-14-10)8-5-4-6-9(8)12-2/h7-9,12H,4-6H2,1-3H3. The first kappa shape index (κ1) is 13.5. The summed E-state index contributed by atoms with van der Waals surface area (Å²) in [5, 5.41) is 6.32. The van der Waals surface area contributed by atoms with Gasteiger partial charge in [0.15, 0.2) is 15.7 Å². The van der Waals surface area contributed by atoms with Crippen LogP contribution in [0.2, 0.25) is 0 Å². The van der Waals surface area contributed by atoms with Crippen LogP contribution in [0.15, 0.2) is 4.52 Å². The van der Waals surface area contributed by atoms with Crippen molar-refractivity contribution in [3.63, 3.8) is 0 Å². The van der Waals surface area contributed by atoms with Crippen molar-refractivity contribution in [3.05, 3.63) is 11.7 Å². The van der Waals surface area contributed by atoms with Crippen LogP contribution in [0, 0.1) is 0 Å². The molecule has 1 N–H and O–H groups in total. The lowest BCUT2D eigenvalue weighted by molar-refractivity contribution is 0.332. The zero-order valence-electron chi connectivity index (χ0n) is 10.9. The smallest absolute Gasteiger partial charge is 0.231 e. The number of likely N-dealkylation sites (N-methyl/N-ethyl adjacent to an activating group) is 1. The third-order valence-electron chi connectivity index (χ3n) is 3.67. The van der Waals surface area contributed by atoms with Gasteiger partial charge in [-0.2, -0.15) is 4.98 Å². The molecule has 0 radical (unpaired) electrons. The fraction of sp³-hybridized carbons (Fsp3) is 0.818. The van der Waals surface area contributed by atoms with Gasteiger partial charge in [-0.25, -0.2) is 8.42 Å². The molecule has 1 heterocycles. The SMILES string of the molecule is CNC1CCCC1c1nc(C(C)S(C)(=O)=O)no1. The number of nitrogens with one attached hydrogen (secondary N) is 1. The molecule has 0 aromatic carbocycles. The molecule has 1 saturated carbocycles. The van der Waals surface area contributed by atoms with Crippen molar-refractivity contribution >= 4 is 9.84 Å². The zero-order chi connectivity index (χ0) is 13.3. The normalized spacial score (nSPS) is 26.4. The van der Waals surface area contributed by atoms with Crippen LogP contribution in [0.25, 0.3) is 0 Å². The lowest BCUT2D eigenvalue weighted by atomic mass is 10.0. The molecule has 1 fully saturated rings. The van der Waals surface area contributed by atoms with Crippen LogP contribution < -0.4 is 5.32 Å². The number of sulfone groups is 1. The summed E-state index contributed by atoms with van der Waals surface area (Å²) in [6.45, 7) is 1.58. The fourth-order valence-electron chi connectivity index (χ4n) is 2.36. The Balaban J connectivity index is 2.20. The molecule has 1 aromatic heterocycles. The summed E-state index contributed by atoms with van der Waals surface area (Å²) in [7, 11) is -1.27. The van der Waals surface area contributed by atoms with Crippen LogP contribution >= 0.6 is 0 Å². The van der Waals surface area contributed by atoms with E-state index in [0.717, 1.165) is 19.3 Å². The van der Waals surface area contributed by atoms with Crippen molar-refractivity contribution in [1.82, 2.24) is 15.5 Å². The van der Waals surface area contributed by atoms with Crippen molar-refractivity contribution in [3.8, 4) is 0 Å². The molecule has 0 amide bonds. The predicted octanol–water partition coefficient (Wildman–Crippen LogP) is 1.03. The van der Waals surface area contributed by atoms with Crippen LogP contribution in [-0.4, -0.2) is 37.9 Å². The van der Waals surface area contributed by atoms with Gasteiger partial charge >= 0.3 is 0 Å². The van der Waals surface area contributed by atoms with E-state index in [9.17, 15) is 8.42 Å². The van der Waals surface area contributed by atoms with Gasteiger partial charge in [0.2, 0.25) is 5.89 Å². The summed E-state index contributed by atoms with van der Waals surface area (Å²) in [6, 6.07) is 0.340. The average Bonchev–Trinajstić information content (AvgIpc) is 2.94. The lowest BCUT2D eigenvalue weighted by Crippen LogP contribution is -2.27. The molecular weight excluding hydrogens is 254 g/mol. The topological polar surface area (TPSA) is 85.1 Å². The van der Waals surface area contributed by atoms with Gasteiger partial charge in [0.25, 0.3) is 0 Å². The van der Waals surface area contributed by atoms with Crippen LogP contribution in [-0.2, 0) is 9.84 Å². The number of rotatable bonds is 4. The van der Waals surface area contributed by atoms with E-state index >= 15 is 0 Å². The molecule has 2 rings (SSSR count). The Bertz CT molecular complexity index is 511. The number of hydrogen-bond acceptors (Lipinski definition) is 6. The van der Waals surface area contributed by atoms with Gasteiger partial charge in [0.05, 0.1) is 5.92 Å². The maximum atomic E-state index is 11.4. The Hall–Kier alpha value is -0.950. The summed E-state index contributed by atoms with van der Waals surface area (Å²) in [5.41, 5.74) is 0. The lowest BCUT2D eigenvalue weighted by Gasteiger charge is -2.14. The first-order chi connectivity index (χ1) is 8.43. The van der Waals surface area contributed by atoms with E-state index in [0.29, 0.717) is 11.9 Å². The summed E-state index contributed by atoms with van der Waals surface area (Å²) >= 11 is 0. The molecule has 18 heavy (non-hydrogen) atoms. The van der Waals surface area contributed by atoms with Gasteiger partial charge < -0.3 is 9.84 Å².